The van der Waals surface area contributed by atoms with Crippen molar-refractivity contribution < 1.29 is 41.7 Å². The summed E-state index contributed by atoms with van der Waals surface area (Å²) in [7, 11) is 0. The summed E-state index contributed by atoms with van der Waals surface area (Å²) < 4.78 is 63.3. The maximum Gasteiger partial charge on any atom is 0.335 e. The molecule has 0 fully saturated rings. The fraction of sp³-hybridized carbons (Fsp3) is 0. The third-order valence-electron chi connectivity index (χ3n) is 4.68. The zero-order valence-electron chi connectivity index (χ0n) is 19.2. The highest BCUT2D eigenvalue weighted by molar-refractivity contribution is 5.82. The number of carbonyl (C=O) groups is 2. The van der Waals surface area contributed by atoms with E-state index in [0.29, 0.717) is 0 Å². The Hall–Kier alpha value is -5.05. The molecule has 3 rings (SSSR count). The number of carbonyl (C=O) groups excluding carboxylic acids is 2. The fourth-order valence-electron chi connectivity index (χ4n) is 2.98. The van der Waals surface area contributed by atoms with Gasteiger partial charge in [0.15, 0.2) is 11.6 Å². The first-order valence-electron chi connectivity index (χ1n) is 10.5. The van der Waals surface area contributed by atoms with Crippen LogP contribution in [0.3, 0.4) is 0 Å². The lowest BCUT2D eigenvalue weighted by atomic mass is 9.99. The van der Waals surface area contributed by atoms with Crippen LogP contribution in [0.4, 0.5) is 13.2 Å². The molecule has 0 aromatic heterocycles. The van der Waals surface area contributed by atoms with E-state index in [9.17, 15) is 22.8 Å². The molecule has 0 atom stereocenters. The summed E-state index contributed by atoms with van der Waals surface area (Å²) in [4.78, 5) is 21.9. The molecule has 0 heterocycles. The van der Waals surface area contributed by atoms with E-state index in [0.717, 1.165) is 55.4 Å². The summed E-state index contributed by atoms with van der Waals surface area (Å²) in [5.41, 5.74) is 0.674. The van der Waals surface area contributed by atoms with Crippen LogP contribution < -0.4 is 9.47 Å². The highest BCUT2D eigenvalue weighted by atomic mass is 19.1. The second kappa shape index (κ2) is 12.6. The Morgan fingerprint density at radius 3 is 1.68 bits per heavy atom. The van der Waals surface area contributed by atoms with Crippen LogP contribution in [0.1, 0.15) is 0 Å². The molecule has 0 aliphatic carbocycles. The van der Waals surface area contributed by atoms with Gasteiger partial charge < -0.3 is 18.9 Å². The first-order valence-corrected chi connectivity index (χ1v) is 10.5. The minimum absolute atomic E-state index is 0.0872. The molecular weight excluding hydrogens is 489 g/mol. The molecule has 0 bridgehead atoms. The van der Waals surface area contributed by atoms with Crippen LogP contribution in [0.25, 0.3) is 22.3 Å². The molecule has 0 aliphatic heterocycles. The lowest BCUT2D eigenvalue weighted by molar-refractivity contribution is -0.133. The Bertz CT molecular complexity index is 1390. The van der Waals surface area contributed by atoms with Crippen LogP contribution in [0.5, 0.6) is 11.5 Å². The molecule has 0 spiro atoms. The molecule has 0 amide bonds. The minimum Gasteiger partial charge on any atom is -0.462 e. The number of ether oxygens (including phenoxy) is 4. The Balaban J connectivity index is 1.72. The summed E-state index contributed by atoms with van der Waals surface area (Å²) in [5.74, 6) is -3.61. The Morgan fingerprint density at radius 2 is 1.14 bits per heavy atom. The first-order chi connectivity index (χ1) is 17.8. The Morgan fingerprint density at radius 1 is 0.622 bits per heavy atom. The molecule has 0 unspecified atom stereocenters. The number of hydrogen-bond donors (Lipinski definition) is 0. The van der Waals surface area contributed by atoms with Gasteiger partial charge in [0.05, 0.1) is 0 Å². The first kappa shape index (κ1) is 26.6. The van der Waals surface area contributed by atoms with E-state index in [-0.39, 0.29) is 33.8 Å². The number of halogens is 3. The van der Waals surface area contributed by atoms with Crippen molar-refractivity contribution in [3.8, 4) is 33.8 Å². The van der Waals surface area contributed by atoms with Gasteiger partial charge >= 0.3 is 11.9 Å². The van der Waals surface area contributed by atoms with Crippen molar-refractivity contribution in [2.75, 3.05) is 0 Å². The monoisotopic (exact) mass is 508 g/mol. The smallest absolute Gasteiger partial charge is 0.335 e. The van der Waals surface area contributed by atoms with E-state index in [1.165, 1.54) is 36.4 Å². The topological polar surface area (TPSA) is 71.1 Å². The molecule has 0 saturated heterocycles. The molecule has 6 nitrogen and oxygen atoms in total. The summed E-state index contributed by atoms with van der Waals surface area (Å²) in [6, 6.07) is 11.7. The van der Waals surface area contributed by atoms with E-state index >= 15 is 0 Å². The molecule has 3 aromatic rings. The average molecular weight is 508 g/mol. The molecule has 9 heteroatoms. The summed E-state index contributed by atoms with van der Waals surface area (Å²) in [6.45, 7) is 6.46. The van der Waals surface area contributed by atoms with Crippen molar-refractivity contribution in [2.45, 2.75) is 0 Å². The maximum absolute atomic E-state index is 14.9. The van der Waals surface area contributed by atoms with Crippen molar-refractivity contribution in [3.05, 3.63) is 122 Å². The lowest BCUT2D eigenvalue weighted by Crippen LogP contribution is -1.94. The predicted molar refractivity (Wildman–Crippen MR) is 129 cm³/mol. The van der Waals surface area contributed by atoms with Crippen LogP contribution in [-0.2, 0) is 19.1 Å². The number of esters is 2. The van der Waals surface area contributed by atoms with E-state index in [1.807, 2.05) is 0 Å². The number of benzene rings is 3. The van der Waals surface area contributed by atoms with Gasteiger partial charge in [0.2, 0.25) is 0 Å². The summed E-state index contributed by atoms with van der Waals surface area (Å²) >= 11 is 0. The van der Waals surface area contributed by atoms with Gasteiger partial charge in [-0.05, 0) is 41.5 Å². The number of hydrogen-bond acceptors (Lipinski definition) is 6. The van der Waals surface area contributed by atoms with E-state index in [2.05, 4.69) is 22.6 Å². The molecule has 37 heavy (non-hydrogen) atoms. The van der Waals surface area contributed by atoms with Gasteiger partial charge in [-0.1, -0.05) is 31.4 Å². The van der Waals surface area contributed by atoms with Crippen molar-refractivity contribution in [3.63, 3.8) is 0 Å². The Labute approximate surface area is 210 Å². The van der Waals surface area contributed by atoms with Gasteiger partial charge in [-0.25, -0.2) is 22.8 Å². The average Bonchev–Trinajstić information content (AvgIpc) is 2.89. The van der Waals surface area contributed by atoms with E-state index < -0.39 is 29.4 Å². The van der Waals surface area contributed by atoms with Crippen LogP contribution in [0, 0.1) is 17.5 Å². The standard InChI is InChI=1S/C28H19F3O6/c1-3-27(32)36-13-11-34-20-7-9-22(24(30)17-20)18-5-8-21(23(29)15-18)19-6-10-26(25(31)16-19)35-12-14-37-28(33)4-2/h3-17H,1-2H2. The third-order valence-corrected chi connectivity index (χ3v) is 4.68. The molecular formula is C28H19F3O6. The van der Waals surface area contributed by atoms with Gasteiger partial charge in [0, 0.05) is 29.3 Å². The largest absolute Gasteiger partial charge is 0.462 e. The van der Waals surface area contributed by atoms with Crippen molar-refractivity contribution in [2.24, 2.45) is 0 Å². The molecule has 3 aromatic carbocycles. The molecule has 0 saturated carbocycles. The van der Waals surface area contributed by atoms with Gasteiger partial charge in [-0.2, -0.15) is 0 Å². The molecule has 188 valence electrons. The molecule has 0 aliphatic rings. The van der Waals surface area contributed by atoms with Crippen molar-refractivity contribution in [1.82, 2.24) is 0 Å². The molecule has 0 N–H and O–H groups in total. The SMILES string of the molecule is C=CC(=O)OC=COc1ccc(-c2ccc(-c3ccc(OC=COC(=O)C=C)c(F)c3)c(F)c2)c(F)c1. The zero-order chi connectivity index (χ0) is 26.8. The van der Waals surface area contributed by atoms with E-state index in [4.69, 9.17) is 9.47 Å². The van der Waals surface area contributed by atoms with Gasteiger partial charge in [0.25, 0.3) is 0 Å². The van der Waals surface area contributed by atoms with Gasteiger partial charge in [-0.3, -0.25) is 0 Å². The second-order valence-electron chi connectivity index (χ2n) is 7.04. The quantitative estimate of drug-likeness (QED) is 0.175. The summed E-state index contributed by atoms with van der Waals surface area (Å²) in [6.07, 6.45) is 5.83. The maximum atomic E-state index is 14.9. The van der Waals surface area contributed by atoms with Crippen LogP contribution in [-0.4, -0.2) is 11.9 Å². The van der Waals surface area contributed by atoms with Crippen molar-refractivity contribution in [1.29, 1.82) is 0 Å². The zero-order valence-corrected chi connectivity index (χ0v) is 19.2. The van der Waals surface area contributed by atoms with Crippen molar-refractivity contribution >= 4 is 11.9 Å². The van der Waals surface area contributed by atoms with Crippen LogP contribution in [0.2, 0.25) is 0 Å². The highest BCUT2D eigenvalue weighted by Crippen LogP contribution is 2.32. The highest BCUT2D eigenvalue weighted by Gasteiger charge is 2.13. The van der Waals surface area contributed by atoms with Gasteiger partial charge in [-0.15, -0.1) is 0 Å². The summed E-state index contributed by atoms with van der Waals surface area (Å²) in [5, 5.41) is 0. The minimum atomic E-state index is -0.782. The lowest BCUT2D eigenvalue weighted by Gasteiger charge is -2.10. The second-order valence-corrected chi connectivity index (χ2v) is 7.04. The van der Waals surface area contributed by atoms with Gasteiger partial charge in [0.1, 0.15) is 42.4 Å². The normalized spacial score (nSPS) is 10.8. The van der Waals surface area contributed by atoms with Crippen LogP contribution >= 0.6 is 0 Å². The fourth-order valence-corrected chi connectivity index (χ4v) is 2.98. The third kappa shape index (κ3) is 7.22. The van der Waals surface area contributed by atoms with Crippen LogP contribution in [0.15, 0.2) is 105 Å². The predicted octanol–water partition coefficient (Wildman–Crippen LogP) is 6.60. The molecule has 0 radical (unpaired) electrons. The van der Waals surface area contributed by atoms with E-state index in [1.54, 1.807) is 0 Å². The number of rotatable bonds is 10. The Kier molecular flexibility index (Phi) is 9.04.